The number of carbonyl (C=O) groups is 2. The predicted octanol–water partition coefficient (Wildman–Crippen LogP) is 3.10. The normalized spacial score (nSPS) is 20.6. The number of nitrogens with zero attached hydrogens (tertiary/aromatic N) is 2. The van der Waals surface area contributed by atoms with Gasteiger partial charge >= 0.3 is 0 Å². The standard InChI is InChI=1S/C19H29N3O2S/c1-13(18-21-14(2)12-25-18)11-20-17(23)15-7-9-22(10-8-15)19(24)16-5-3-4-6-16/h12-13,15-16H,3-11H2,1-2H3,(H,20,23). The van der Waals surface area contributed by atoms with E-state index < -0.39 is 0 Å². The average molecular weight is 364 g/mol. The second kappa shape index (κ2) is 8.30. The molecular weight excluding hydrogens is 334 g/mol. The van der Waals surface area contributed by atoms with Crippen molar-refractivity contribution in [2.45, 2.75) is 58.3 Å². The molecule has 0 spiro atoms. The van der Waals surface area contributed by atoms with Crippen LogP contribution in [-0.2, 0) is 9.59 Å². The highest BCUT2D eigenvalue weighted by Crippen LogP contribution is 2.28. The molecule has 0 radical (unpaired) electrons. The fourth-order valence-electron chi connectivity index (χ4n) is 3.88. The highest BCUT2D eigenvalue weighted by atomic mass is 32.1. The second-order valence-electron chi connectivity index (χ2n) is 7.55. The molecule has 3 rings (SSSR count). The number of nitrogens with one attached hydrogen (secondary N) is 1. The fourth-order valence-corrected chi connectivity index (χ4v) is 4.73. The van der Waals surface area contributed by atoms with Gasteiger partial charge in [0, 0.05) is 48.5 Å². The van der Waals surface area contributed by atoms with Crippen molar-refractivity contribution in [2.24, 2.45) is 11.8 Å². The average Bonchev–Trinajstić information content (AvgIpc) is 3.30. The van der Waals surface area contributed by atoms with Crippen LogP contribution in [-0.4, -0.2) is 41.3 Å². The Morgan fingerprint density at radius 3 is 2.52 bits per heavy atom. The lowest BCUT2D eigenvalue weighted by molar-refractivity contribution is -0.139. The van der Waals surface area contributed by atoms with Crippen LogP contribution in [0, 0.1) is 18.8 Å². The lowest BCUT2D eigenvalue weighted by Crippen LogP contribution is -2.45. The van der Waals surface area contributed by atoms with Crippen LogP contribution in [0.15, 0.2) is 5.38 Å². The van der Waals surface area contributed by atoms with Crippen molar-refractivity contribution >= 4 is 23.2 Å². The smallest absolute Gasteiger partial charge is 0.225 e. The van der Waals surface area contributed by atoms with E-state index in [1.807, 2.05) is 17.2 Å². The van der Waals surface area contributed by atoms with Crippen LogP contribution in [0.5, 0.6) is 0 Å². The molecule has 1 aliphatic carbocycles. The number of hydrogen-bond acceptors (Lipinski definition) is 4. The van der Waals surface area contributed by atoms with Crippen LogP contribution in [0.1, 0.15) is 62.1 Å². The number of thiazole rings is 1. The minimum absolute atomic E-state index is 0.0397. The minimum Gasteiger partial charge on any atom is -0.355 e. The molecule has 1 saturated carbocycles. The molecule has 1 atom stereocenters. The van der Waals surface area contributed by atoms with Gasteiger partial charge in [0.1, 0.15) is 0 Å². The van der Waals surface area contributed by atoms with Crippen molar-refractivity contribution in [3.05, 3.63) is 16.1 Å². The van der Waals surface area contributed by atoms with Crippen molar-refractivity contribution in [3.63, 3.8) is 0 Å². The van der Waals surface area contributed by atoms with E-state index in [4.69, 9.17) is 0 Å². The fraction of sp³-hybridized carbons (Fsp3) is 0.737. The highest BCUT2D eigenvalue weighted by molar-refractivity contribution is 7.09. The van der Waals surface area contributed by atoms with Crippen molar-refractivity contribution < 1.29 is 9.59 Å². The summed E-state index contributed by atoms with van der Waals surface area (Å²) in [6, 6.07) is 0. The third kappa shape index (κ3) is 4.60. The van der Waals surface area contributed by atoms with E-state index in [9.17, 15) is 9.59 Å². The number of aromatic nitrogens is 1. The summed E-state index contributed by atoms with van der Waals surface area (Å²) >= 11 is 1.65. The van der Waals surface area contributed by atoms with E-state index in [-0.39, 0.29) is 23.7 Å². The first-order chi connectivity index (χ1) is 12.0. The zero-order chi connectivity index (χ0) is 17.8. The summed E-state index contributed by atoms with van der Waals surface area (Å²) in [5.74, 6) is 0.981. The summed E-state index contributed by atoms with van der Waals surface area (Å²) in [7, 11) is 0. The van der Waals surface area contributed by atoms with Gasteiger partial charge in [-0.05, 0) is 32.6 Å². The molecule has 1 aliphatic heterocycles. The Morgan fingerprint density at radius 2 is 1.92 bits per heavy atom. The van der Waals surface area contributed by atoms with E-state index in [1.165, 1.54) is 12.8 Å². The zero-order valence-electron chi connectivity index (χ0n) is 15.3. The Kier molecular flexibility index (Phi) is 6.10. The van der Waals surface area contributed by atoms with Crippen LogP contribution < -0.4 is 5.32 Å². The molecule has 1 aromatic heterocycles. The van der Waals surface area contributed by atoms with E-state index in [2.05, 4.69) is 17.2 Å². The summed E-state index contributed by atoms with van der Waals surface area (Å²) in [6.07, 6.45) is 6.04. The minimum atomic E-state index is 0.0397. The molecule has 2 aliphatic rings. The summed E-state index contributed by atoms with van der Waals surface area (Å²) in [5, 5.41) is 6.21. The van der Waals surface area contributed by atoms with Gasteiger partial charge < -0.3 is 10.2 Å². The second-order valence-corrected chi connectivity index (χ2v) is 8.44. The van der Waals surface area contributed by atoms with Gasteiger partial charge in [0.15, 0.2) is 0 Å². The van der Waals surface area contributed by atoms with Gasteiger partial charge in [0.2, 0.25) is 11.8 Å². The number of likely N-dealkylation sites (tertiary alicyclic amines) is 1. The highest BCUT2D eigenvalue weighted by Gasteiger charge is 2.32. The topological polar surface area (TPSA) is 62.3 Å². The molecule has 138 valence electrons. The Balaban J connectivity index is 1.41. The molecule has 1 N–H and O–H groups in total. The largest absolute Gasteiger partial charge is 0.355 e. The molecule has 1 aromatic rings. The molecule has 0 aromatic carbocycles. The van der Waals surface area contributed by atoms with Gasteiger partial charge in [-0.15, -0.1) is 11.3 Å². The summed E-state index contributed by atoms with van der Waals surface area (Å²) in [6.45, 7) is 6.18. The quantitative estimate of drug-likeness (QED) is 0.874. The maximum atomic E-state index is 12.5. The van der Waals surface area contributed by atoms with Crippen molar-refractivity contribution in [2.75, 3.05) is 19.6 Å². The molecule has 1 saturated heterocycles. The monoisotopic (exact) mass is 363 g/mol. The first-order valence-corrected chi connectivity index (χ1v) is 10.4. The molecule has 2 fully saturated rings. The molecule has 25 heavy (non-hydrogen) atoms. The number of hydrogen-bond donors (Lipinski definition) is 1. The van der Waals surface area contributed by atoms with Crippen LogP contribution in [0.2, 0.25) is 0 Å². The van der Waals surface area contributed by atoms with E-state index in [0.717, 1.165) is 49.5 Å². The Labute approximate surface area is 154 Å². The van der Waals surface area contributed by atoms with Crippen LogP contribution in [0.25, 0.3) is 0 Å². The summed E-state index contributed by atoms with van der Waals surface area (Å²) < 4.78 is 0. The molecular formula is C19H29N3O2S. The predicted molar refractivity (Wildman–Crippen MR) is 99.5 cm³/mol. The number of rotatable bonds is 5. The number of piperidine rings is 1. The van der Waals surface area contributed by atoms with E-state index in [0.29, 0.717) is 12.5 Å². The zero-order valence-corrected chi connectivity index (χ0v) is 16.1. The third-order valence-corrected chi connectivity index (χ3v) is 6.72. The lowest BCUT2D eigenvalue weighted by atomic mass is 9.94. The Bertz CT molecular complexity index is 602. The number of aryl methyl sites for hydroxylation is 1. The Morgan fingerprint density at radius 1 is 1.24 bits per heavy atom. The molecule has 2 heterocycles. The summed E-state index contributed by atoms with van der Waals surface area (Å²) in [5.41, 5.74) is 1.04. The SMILES string of the molecule is Cc1csc(C(C)CNC(=O)C2CCN(C(=O)C3CCCC3)CC2)n1. The molecule has 0 bridgehead atoms. The third-order valence-electron chi connectivity index (χ3n) is 5.52. The Hall–Kier alpha value is -1.43. The molecule has 6 heteroatoms. The van der Waals surface area contributed by atoms with Crippen molar-refractivity contribution in [1.29, 1.82) is 0 Å². The number of amides is 2. The number of carbonyl (C=O) groups excluding carboxylic acids is 2. The van der Waals surface area contributed by atoms with Crippen molar-refractivity contribution in [3.8, 4) is 0 Å². The molecule has 1 unspecified atom stereocenters. The first-order valence-electron chi connectivity index (χ1n) is 9.53. The van der Waals surface area contributed by atoms with Gasteiger partial charge in [-0.2, -0.15) is 0 Å². The van der Waals surface area contributed by atoms with Crippen LogP contribution in [0.4, 0.5) is 0 Å². The van der Waals surface area contributed by atoms with Gasteiger partial charge in [-0.1, -0.05) is 19.8 Å². The van der Waals surface area contributed by atoms with Gasteiger partial charge in [-0.3, -0.25) is 9.59 Å². The van der Waals surface area contributed by atoms with Gasteiger partial charge in [0.25, 0.3) is 0 Å². The molecule has 5 nitrogen and oxygen atoms in total. The summed E-state index contributed by atoms with van der Waals surface area (Å²) in [4.78, 5) is 31.4. The van der Waals surface area contributed by atoms with E-state index in [1.54, 1.807) is 11.3 Å². The van der Waals surface area contributed by atoms with Crippen LogP contribution in [0.3, 0.4) is 0 Å². The lowest BCUT2D eigenvalue weighted by Gasteiger charge is -2.33. The van der Waals surface area contributed by atoms with Crippen molar-refractivity contribution in [1.82, 2.24) is 15.2 Å². The maximum absolute atomic E-state index is 12.5. The van der Waals surface area contributed by atoms with E-state index >= 15 is 0 Å². The van der Waals surface area contributed by atoms with Gasteiger partial charge in [-0.25, -0.2) is 4.98 Å². The maximum Gasteiger partial charge on any atom is 0.225 e. The molecule has 2 amide bonds. The van der Waals surface area contributed by atoms with Gasteiger partial charge in [0.05, 0.1) is 5.01 Å². The first kappa shape index (κ1) is 18.4. The van der Waals surface area contributed by atoms with Crippen LogP contribution >= 0.6 is 11.3 Å².